The van der Waals surface area contributed by atoms with Crippen LogP contribution in [0.15, 0.2) is 23.0 Å². The third-order valence-corrected chi connectivity index (χ3v) is 2.57. The van der Waals surface area contributed by atoms with Crippen LogP contribution in [0.1, 0.15) is 29.6 Å². The lowest BCUT2D eigenvalue weighted by molar-refractivity contribution is -0.305. The van der Waals surface area contributed by atoms with E-state index in [2.05, 4.69) is 0 Å². The molecule has 5 nitrogen and oxygen atoms in total. The van der Waals surface area contributed by atoms with Crippen molar-refractivity contribution in [3.05, 3.63) is 24.2 Å². The van der Waals surface area contributed by atoms with Gasteiger partial charge in [0.25, 0.3) is 5.91 Å². The van der Waals surface area contributed by atoms with Gasteiger partial charge in [-0.3, -0.25) is 4.79 Å². The number of furan rings is 1. The maximum absolute atomic E-state index is 12.0. The van der Waals surface area contributed by atoms with Crippen LogP contribution in [-0.4, -0.2) is 29.4 Å². The maximum Gasteiger partial charge on any atom is 0.257 e. The van der Waals surface area contributed by atoms with Crippen LogP contribution < -0.4 is 5.11 Å². The van der Waals surface area contributed by atoms with Gasteiger partial charge in [0.2, 0.25) is 0 Å². The Morgan fingerprint density at radius 3 is 2.75 bits per heavy atom. The summed E-state index contributed by atoms with van der Waals surface area (Å²) in [5, 5.41) is 10.4. The van der Waals surface area contributed by atoms with Gasteiger partial charge in [-0.2, -0.15) is 0 Å². The van der Waals surface area contributed by atoms with E-state index < -0.39 is 5.97 Å². The average molecular weight is 222 g/mol. The Bertz CT molecular complexity index is 381. The van der Waals surface area contributed by atoms with Crippen LogP contribution >= 0.6 is 0 Å². The fourth-order valence-corrected chi connectivity index (χ4v) is 1.60. The number of rotatable bonds is 5. The molecule has 1 fully saturated rings. The lowest BCUT2D eigenvalue weighted by Crippen LogP contribution is -2.37. The lowest BCUT2D eigenvalue weighted by Gasteiger charge is -2.21. The Labute approximate surface area is 92.7 Å². The number of amides is 1. The minimum atomic E-state index is -1.13. The molecule has 1 aliphatic carbocycles. The summed E-state index contributed by atoms with van der Waals surface area (Å²) in [6, 6.07) is 1.76. The van der Waals surface area contributed by atoms with Crippen molar-refractivity contribution >= 4 is 11.9 Å². The molecule has 1 aromatic rings. The summed E-state index contributed by atoms with van der Waals surface area (Å²) in [5.41, 5.74) is 0.463. The van der Waals surface area contributed by atoms with Gasteiger partial charge in [0, 0.05) is 25.0 Å². The maximum atomic E-state index is 12.0. The third-order valence-electron chi connectivity index (χ3n) is 2.57. The summed E-state index contributed by atoms with van der Waals surface area (Å²) in [6.45, 7) is 0.205. The molecule has 1 aliphatic rings. The molecule has 0 aromatic carbocycles. The van der Waals surface area contributed by atoms with Gasteiger partial charge in [-0.05, 0) is 18.9 Å². The summed E-state index contributed by atoms with van der Waals surface area (Å²) in [5.74, 6) is -1.30. The zero-order valence-corrected chi connectivity index (χ0v) is 8.72. The zero-order valence-electron chi connectivity index (χ0n) is 8.72. The second-order valence-electron chi connectivity index (χ2n) is 3.86. The highest BCUT2D eigenvalue weighted by molar-refractivity contribution is 5.94. The van der Waals surface area contributed by atoms with Crippen LogP contribution in [0, 0.1) is 0 Å². The SMILES string of the molecule is O=C([O-])CCN(C(=O)c1ccoc1)C1CC1. The standard InChI is InChI=1S/C11H13NO4/c13-10(14)3-5-12(9-1-2-9)11(15)8-4-6-16-7-8/h4,6-7,9H,1-3,5H2,(H,13,14)/p-1. The highest BCUT2D eigenvalue weighted by Gasteiger charge is 2.32. The van der Waals surface area contributed by atoms with E-state index in [1.807, 2.05) is 0 Å². The Morgan fingerprint density at radius 1 is 1.50 bits per heavy atom. The van der Waals surface area contributed by atoms with Gasteiger partial charge in [0.05, 0.1) is 11.8 Å². The van der Waals surface area contributed by atoms with Gasteiger partial charge in [-0.25, -0.2) is 0 Å². The van der Waals surface area contributed by atoms with Gasteiger partial charge in [0.1, 0.15) is 6.26 Å². The predicted molar refractivity (Wildman–Crippen MR) is 52.4 cm³/mol. The van der Waals surface area contributed by atoms with Crippen molar-refractivity contribution in [2.24, 2.45) is 0 Å². The van der Waals surface area contributed by atoms with Crippen molar-refractivity contribution in [3.63, 3.8) is 0 Å². The number of carbonyl (C=O) groups excluding carboxylic acids is 2. The van der Waals surface area contributed by atoms with E-state index in [9.17, 15) is 14.7 Å². The van der Waals surface area contributed by atoms with Crippen LogP contribution in [0.4, 0.5) is 0 Å². The summed E-state index contributed by atoms with van der Waals surface area (Å²) >= 11 is 0. The first kappa shape index (κ1) is 10.7. The minimum absolute atomic E-state index is 0.125. The van der Waals surface area contributed by atoms with E-state index in [-0.39, 0.29) is 24.9 Å². The fraction of sp³-hybridized carbons (Fsp3) is 0.455. The molecule has 0 aliphatic heterocycles. The van der Waals surface area contributed by atoms with Gasteiger partial charge < -0.3 is 19.2 Å². The summed E-state index contributed by atoms with van der Waals surface area (Å²) in [6.07, 6.45) is 4.56. The topological polar surface area (TPSA) is 73.6 Å². The molecule has 0 atom stereocenters. The van der Waals surface area contributed by atoms with Crippen molar-refractivity contribution in [1.29, 1.82) is 0 Å². The van der Waals surface area contributed by atoms with Gasteiger partial charge in [-0.15, -0.1) is 0 Å². The number of carboxylic acids is 1. The normalized spacial score (nSPS) is 14.8. The quantitative estimate of drug-likeness (QED) is 0.704. The van der Waals surface area contributed by atoms with Crippen LogP contribution in [0.5, 0.6) is 0 Å². The number of carbonyl (C=O) groups is 2. The molecule has 86 valence electrons. The second kappa shape index (κ2) is 4.38. The molecule has 2 rings (SSSR count). The van der Waals surface area contributed by atoms with E-state index >= 15 is 0 Å². The molecule has 0 unspecified atom stereocenters. The Balaban J connectivity index is 2.01. The predicted octanol–water partition coefficient (Wildman–Crippen LogP) is 0.0242. The van der Waals surface area contributed by atoms with Crippen molar-refractivity contribution in [2.45, 2.75) is 25.3 Å². The van der Waals surface area contributed by atoms with Crippen LogP contribution in [0.2, 0.25) is 0 Å². The number of aliphatic carboxylic acids is 1. The smallest absolute Gasteiger partial charge is 0.257 e. The Morgan fingerprint density at radius 2 is 2.25 bits per heavy atom. The van der Waals surface area contributed by atoms with Crippen LogP contribution in [0.25, 0.3) is 0 Å². The molecule has 0 N–H and O–H groups in total. The Kier molecular flexibility index (Phi) is 2.94. The average Bonchev–Trinajstić information content (AvgIpc) is 2.93. The molecule has 1 amide bonds. The molecule has 0 saturated heterocycles. The fourth-order valence-electron chi connectivity index (χ4n) is 1.60. The third kappa shape index (κ3) is 2.42. The molecule has 1 saturated carbocycles. The highest BCUT2D eigenvalue weighted by Crippen LogP contribution is 2.28. The summed E-state index contributed by atoms with van der Waals surface area (Å²) in [4.78, 5) is 23.9. The molecule has 1 aromatic heterocycles. The first-order valence-corrected chi connectivity index (χ1v) is 5.21. The Hall–Kier alpha value is -1.78. The first-order valence-electron chi connectivity index (χ1n) is 5.21. The highest BCUT2D eigenvalue weighted by atomic mass is 16.4. The number of carboxylic acid groups (broad SMARTS) is 1. The summed E-state index contributed by atoms with van der Waals surface area (Å²) < 4.78 is 4.84. The van der Waals surface area contributed by atoms with Crippen molar-refractivity contribution in [2.75, 3.05) is 6.54 Å². The minimum Gasteiger partial charge on any atom is -0.550 e. The molecular weight excluding hydrogens is 210 g/mol. The van der Waals surface area contributed by atoms with Crippen molar-refractivity contribution in [1.82, 2.24) is 4.90 Å². The number of hydrogen-bond donors (Lipinski definition) is 0. The monoisotopic (exact) mass is 222 g/mol. The molecular formula is C11H12NO4-. The number of hydrogen-bond acceptors (Lipinski definition) is 4. The number of nitrogens with zero attached hydrogens (tertiary/aromatic N) is 1. The van der Waals surface area contributed by atoms with Gasteiger partial charge in [0.15, 0.2) is 0 Å². The van der Waals surface area contributed by atoms with E-state index in [0.717, 1.165) is 12.8 Å². The lowest BCUT2D eigenvalue weighted by atomic mass is 10.2. The van der Waals surface area contributed by atoms with E-state index in [0.29, 0.717) is 5.56 Å². The van der Waals surface area contributed by atoms with Crippen molar-refractivity contribution < 1.29 is 19.1 Å². The molecule has 0 spiro atoms. The van der Waals surface area contributed by atoms with E-state index in [4.69, 9.17) is 4.42 Å². The second-order valence-corrected chi connectivity index (χ2v) is 3.86. The molecule has 5 heteroatoms. The van der Waals surface area contributed by atoms with Gasteiger partial charge >= 0.3 is 0 Å². The van der Waals surface area contributed by atoms with Crippen LogP contribution in [0.3, 0.4) is 0 Å². The van der Waals surface area contributed by atoms with E-state index in [1.54, 1.807) is 11.0 Å². The molecule has 0 bridgehead atoms. The zero-order chi connectivity index (χ0) is 11.5. The van der Waals surface area contributed by atoms with E-state index in [1.165, 1.54) is 12.5 Å². The largest absolute Gasteiger partial charge is 0.550 e. The molecule has 1 heterocycles. The molecule has 0 radical (unpaired) electrons. The first-order chi connectivity index (χ1) is 7.68. The van der Waals surface area contributed by atoms with Crippen molar-refractivity contribution in [3.8, 4) is 0 Å². The molecule has 16 heavy (non-hydrogen) atoms. The van der Waals surface area contributed by atoms with Gasteiger partial charge in [-0.1, -0.05) is 0 Å². The van der Waals surface area contributed by atoms with Crippen LogP contribution in [-0.2, 0) is 4.79 Å². The summed E-state index contributed by atoms with van der Waals surface area (Å²) in [7, 11) is 0.